The van der Waals surface area contributed by atoms with Crippen molar-refractivity contribution in [1.29, 1.82) is 0 Å². The van der Waals surface area contributed by atoms with E-state index in [-0.39, 0.29) is 0 Å². The summed E-state index contributed by atoms with van der Waals surface area (Å²) in [5.41, 5.74) is 6.88. The van der Waals surface area contributed by atoms with Crippen LogP contribution in [0.1, 0.15) is 24.8 Å². The van der Waals surface area contributed by atoms with Crippen LogP contribution in [-0.4, -0.2) is 34.4 Å². The van der Waals surface area contributed by atoms with Gasteiger partial charge in [0, 0.05) is 24.2 Å². The van der Waals surface area contributed by atoms with Crippen LogP contribution < -0.4 is 11.1 Å². The Kier molecular flexibility index (Phi) is 2.52. The molecule has 2 unspecified atom stereocenters. The maximum Gasteiger partial charge on any atom is 0.142 e. The summed E-state index contributed by atoms with van der Waals surface area (Å²) < 4.78 is 4.19. The van der Waals surface area contributed by atoms with Crippen LogP contribution in [0.2, 0.25) is 0 Å². The van der Waals surface area contributed by atoms with E-state index < -0.39 is 0 Å². The van der Waals surface area contributed by atoms with Crippen molar-refractivity contribution in [3.05, 3.63) is 5.56 Å². The van der Waals surface area contributed by atoms with Crippen LogP contribution in [0.15, 0.2) is 0 Å². The molecule has 3 N–H and O–H groups in total. The van der Waals surface area contributed by atoms with Crippen molar-refractivity contribution in [1.82, 2.24) is 9.27 Å². The fourth-order valence-corrected chi connectivity index (χ4v) is 3.67. The second-order valence-electron chi connectivity index (χ2n) is 4.81. The minimum atomic E-state index is 0.598. The molecule has 0 radical (unpaired) electrons. The largest absolute Gasteiger partial charge is 0.383 e. The molecule has 0 saturated carbocycles. The van der Waals surface area contributed by atoms with Gasteiger partial charge in [-0.2, -0.15) is 4.37 Å². The van der Waals surface area contributed by atoms with Crippen molar-refractivity contribution >= 4 is 22.4 Å². The van der Waals surface area contributed by atoms with Gasteiger partial charge < -0.3 is 11.1 Å². The lowest BCUT2D eigenvalue weighted by atomic mass is 10.1. The van der Waals surface area contributed by atoms with Gasteiger partial charge in [-0.05, 0) is 44.3 Å². The fourth-order valence-electron chi connectivity index (χ4n) is 2.90. The van der Waals surface area contributed by atoms with Crippen LogP contribution in [-0.2, 0) is 0 Å². The Morgan fingerprint density at radius 3 is 3.06 bits per heavy atom. The molecule has 5 heteroatoms. The number of anilines is 2. The van der Waals surface area contributed by atoms with E-state index in [0.717, 1.165) is 16.6 Å². The first kappa shape index (κ1) is 10.4. The third-order valence-electron chi connectivity index (χ3n) is 3.88. The zero-order valence-electron chi connectivity index (χ0n) is 9.57. The van der Waals surface area contributed by atoms with E-state index in [1.54, 1.807) is 0 Å². The molecule has 2 saturated heterocycles. The first-order chi connectivity index (χ1) is 7.75. The Labute approximate surface area is 100.0 Å². The smallest absolute Gasteiger partial charge is 0.142 e. The Morgan fingerprint density at radius 1 is 1.44 bits per heavy atom. The number of rotatable bonds is 2. The first-order valence-electron chi connectivity index (χ1n) is 5.98. The predicted octanol–water partition coefficient (Wildman–Crippen LogP) is 1.68. The molecular formula is C11H18N4S. The molecule has 3 rings (SSSR count). The Balaban J connectivity index is 1.73. The Morgan fingerprint density at radius 2 is 2.31 bits per heavy atom. The number of nitrogen functional groups attached to an aromatic ring is 1. The topological polar surface area (TPSA) is 54.2 Å². The van der Waals surface area contributed by atoms with Gasteiger partial charge in [-0.3, -0.25) is 4.90 Å². The van der Waals surface area contributed by atoms with Crippen LogP contribution in [0, 0.1) is 6.92 Å². The SMILES string of the molecule is Cc1c(N)nsc1NC1CCN2CCCC12. The van der Waals surface area contributed by atoms with Crippen LogP contribution in [0.4, 0.5) is 10.8 Å². The summed E-state index contributed by atoms with van der Waals surface area (Å²) in [6, 6.07) is 1.34. The number of nitrogens with two attached hydrogens (primary N) is 1. The molecule has 0 aliphatic carbocycles. The van der Waals surface area contributed by atoms with Gasteiger partial charge in [-0.15, -0.1) is 0 Å². The van der Waals surface area contributed by atoms with E-state index in [9.17, 15) is 0 Å². The van der Waals surface area contributed by atoms with Crippen LogP contribution in [0.5, 0.6) is 0 Å². The minimum absolute atomic E-state index is 0.598. The summed E-state index contributed by atoms with van der Waals surface area (Å²) in [5, 5.41) is 4.80. The lowest BCUT2D eigenvalue weighted by molar-refractivity contribution is 0.318. The summed E-state index contributed by atoms with van der Waals surface area (Å²) in [4.78, 5) is 2.61. The number of nitrogens with one attached hydrogen (secondary N) is 1. The molecule has 0 spiro atoms. The summed E-state index contributed by atoms with van der Waals surface area (Å²) in [6.45, 7) is 4.57. The average molecular weight is 238 g/mol. The van der Waals surface area contributed by atoms with Crippen molar-refractivity contribution in [2.45, 2.75) is 38.3 Å². The molecule has 1 aromatic rings. The molecule has 0 bridgehead atoms. The summed E-state index contributed by atoms with van der Waals surface area (Å²) in [7, 11) is 0. The predicted molar refractivity (Wildman–Crippen MR) is 67.9 cm³/mol. The van der Waals surface area contributed by atoms with Crippen molar-refractivity contribution in [3.63, 3.8) is 0 Å². The molecule has 16 heavy (non-hydrogen) atoms. The first-order valence-corrected chi connectivity index (χ1v) is 6.75. The molecule has 2 atom stereocenters. The van der Waals surface area contributed by atoms with E-state index in [1.807, 2.05) is 6.92 Å². The molecule has 0 aromatic carbocycles. The van der Waals surface area contributed by atoms with Crippen LogP contribution in [0.3, 0.4) is 0 Å². The highest BCUT2D eigenvalue weighted by Gasteiger charge is 2.37. The van der Waals surface area contributed by atoms with E-state index in [0.29, 0.717) is 11.9 Å². The molecule has 3 heterocycles. The highest BCUT2D eigenvalue weighted by molar-refractivity contribution is 7.10. The van der Waals surface area contributed by atoms with Crippen molar-refractivity contribution in [3.8, 4) is 0 Å². The summed E-state index contributed by atoms with van der Waals surface area (Å²) >= 11 is 1.49. The number of nitrogens with zero attached hydrogens (tertiary/aromatic N) is 2. The second kappa shape index (κ2) is 3.89. The van der Waals surface area contributed by atoms with Gasteiger partial charge in [-0.1, -0.05) is 0 Å². The lowest BCUT2D eigenvalue weighted by Crippen LogP contribution is -2.33. The average Bonchev–Trinajstić information content (AvgIpc) is 2.92. The van der Waals surface area contributed by atoms with E-state index in [1.165, 1.54) is 43.9 Å². The van der Waals surface area contributed by atoms with E-state index in [4.69, 9.17) is 5.73 Å². The quantitative estimate of drug-likeness (QED) is 0.823. The highest BCUT2D eigenvalue weighted by Crippen LogP contribution is 2.33. The van der Waals surface area contributed by atoms with E-state index >= 15 is 0 Å². The Bertz CT molecular complexity index is 389. The maximum atomic E-state index is 5.77. The standard InChI is InChI=1S/C11H18N4S/c1-7-10(12)14-16-11(7)13-8-4-6-15-5-2-3-9(8)15/h8-9,13H,2-6H2,1H3,(H2,12,14). The monoisotopic (exact) mass is 238 g/mol. The van der Waals surface area contributed by atoms with Gasteiger partial charge in [0.1, 0.15) is 10.8 Å². The molecule has 0 amide bonds. The number of hydrogen-bond acceptors (Lipinski definition) is 5. The molecular weight excluding hydrogens is 220 g/mol. The third-order valence-corrected chi connectivity index (χ3v) is 4.78. The van der Waals surface area contributed by atoms with Gasteiger partial charge in [0.15, 0.2) is 0 Å². The normalized spacial score (nSPS) is 29.6. The number of hydrogen-bond donors (Lipinski definition) is 2. The molecule has 2 aliphatic heterocycles. The maximum absolute atomic E-state index is 5.77. The van der Waals surface area contributed by atoms with Crippen molar-refractivity contribution < 1.29 is 0 Å². The van der Waals surface area contributed by atoms with Crippen molar-refractivity contribution in [2.24, 2.45) is 0 Å². The van der Waals surface area contributed by atoms with Gasteiger partial charge in [0.25, 0.3) is 0 Å². The third kappa shape index (κ3) is 1.58. The molecule has 2 fully saturated rings. The number of aromatic nitrogens is 1. The van der Waals surface area contributed by atoms with Crippen molar-refractivity contribution in [2.75, 3.05) is 24.1 Å². The minimum Gasteiger partial charge on any atom is -0.383 e. The molecule has 2 aliphatic rings. The van der Waals surface area contributed by atoms with Gasteiger partial charge >= 0.3 is 0 Å². The highest BCUT2D eigenvalue weighted by atomic mass is 32.1. The zero-order chi connectivity index (χ0) is 11.1. The Hall–Kier alpha value is -0.810. The zero-order valence-corrected chi connectivity index (χ0v) is 10.4. The van der Waals surface area contributed by atoms with Crippen LogP contribution in [0.25, 0.3) is 0 Å². The van der Waals surface area contributed by atoms with Gasteiger partial charge in [0.05, 0.1) is 0 Å². The number of fused-ring (bicyclic) bond motifs is 1. The fraction of sp³-hybridized carbons (Fsp3) is 0.727. The molecule has 4 nitrogen and oxygen atoms in total. The second-order valence-corrected chi connectivity index (χ2v) is 5.58. The lowest BCUT2D eigenvalue weighted by Gasteiger charge is -2.21. The van der Waals surface area contributed by atoms with Crippen LogP contribution >= 0.6 is 11.5 Å². The summed E-state index contributed by atoms with van der Waals surface area (Å²) in [5.74, 6) is 0.675. The van der Waals surface area contributed by atoms with Gasteiger partial charge in [0.2, 0.25) is 0 Å². The summed E-state index contributed by atoms with van der Waals surface area (Å²) in [6.07, 6.45) is 3.94. The van der Waals surface area contributed by atoms with Gasteiger partial charge in [-0.25, -0.2) is 0 Å². The van der Waals surface area contributed by atoms with E-state index in [2.05, 4.69) is 14.6 Å². The molecule has 88 valence electrons. The molecule has 1 aromatic heterocycles.